The summed E-state index contributed by atoms with van der Waals surface area (Å²) in [5.74, 6) is -1.67. The van der Waals surface area contributed by atoms with Gasteiger partial charge < -0.3 is 9.84 Å². The molecule has 0 aromatic heterocycles. The number of benzene rings is 1. The first-order valence-corrected chi connectivity index (χ1v) is 6.63. The number of carboxylic acid groups (broad SMARTS) is 1. The first-order valence-electron chi connectivity index (χ1n) is 6.63. The molecule has 1 aromatic rings. The van der Waals surface area contributed by atoms with Crippen LogP contribution in [0.2, 0.25) is 0 Å². The molecular formula is C15H20O4. The molecule has 0 spiro atoms. The lowest BCUT2D eigenvalue weighted by Gasteiger charge is -2.16. The van der Waals surface area contributed by atoms with E-state index in [1.165, 1.54) is 12.1 Å². The van der Waals surface area contributed by atoms with Gasteiger partial charge in [0.1, 0.15) is 6.10 Å². The molecule has 1 rings (SSSR count). The van der Waals surface area contributed by atoms with Gasteiger partial charge in [0.15, 0.2) is 0 Å². The minimum Gasteiger partial charge on any atom is -0.478 e. The SMILES string of the molecule is CCCC[C@H](CC)OC(=O)c1ccccc1C(=O)O. The number of carbonyl (C=O) groups is 2. The zero-order valence-corrected chi connectivity index (χ0v) is 11.4. The molecule has 1 N–H and O–H groups in total. The number of hydrogen-bond donors (Lipinski definition) is 1. The van der Waals surface area contributed by atoms with Gasteiger partial charge in [-0.3, -0.25) is 0 Å². The minimum atomic E-state index is -1.12. The Morgan fingerprint density at radius 3 is 2.37 bits per heavy atom. The molecular weight excluding hydrogens is 244 g/mol. The van der Waals surface area contributed by atoms with Gasteiger partial charge in [-0.05, 0) is 25.0 Å². The van der Waals surface area contributed by atoms with Crippen LogP contribution in [-0.2, 0) is 4.74 Å². The zero-order chi connectivity index (χ0) is 14.3. The Labute approximate surface area is 113 Å². The highest BCUT2D eigenvalue weighted by Crippen LogP contribution is 2.15. The maximum Gasteiger partial charge on any atom is 0.339 e. The van der Waals surface area contributed by atoms with Crippen molar-refractivity contribution in [3.05, 3.63) is 35.4 Å². The van der Waals surface area contributed by atoms with Gasteiger partial charge in [-0.2, -0.15) is 0 Å². The summed E-state index contributed by atoms with van der Waals surface area (Å²) < 4.78 is 5.38. The van der Waals surface area contributed by atoms with E-state index in [0.29, 0.717) is 0 Å². The lowest BCUT2D eigenvalue weighted by molar-refractivity contribution is 0.0263. The van der Waals surface area contributed by atoms with Gasteiger partial charge in [-0.1, -0.05) is 38.8 Å². The summed E-state index contributed by atoms with van der Waals surface area (Å²) in [7, 11) is 0. The molecule has 104 valence electrons. The molecule has 0 aliphatic rings. The van der Waals surface area contributed by atoms with E-state index in [1.54, 1.807) is 12.1 Å². The molecule has 19 heavy (non-hydrogen) atoms. The van der Waals surface area contributed by atoms with Crippen LogP contribution < -0.4 is 0 Å². The highest BCUT2D eigenvalue weighted by atomic mass is 16.5. The Morgan fingerprint density at radius 1 is 1.21 bits per heavy atom. The van der Waals surface area contributed by atoms with Crippen molar-refractivity contribution in [1.82, 2.24) is 0 Å². The number of aromatic carboxylic acids is 1. The molecule has 0 saturated carbocycles. The van der Waals surface area contributed by atoms with E-state index in [4.69, 9.17) is 9.84 Å². The first kappa shape index (κ1) is 15.2. The summed E-state index contributed by atoms with van der Waals surface area (Å²) in [6.45, 7) is 4.03. The highest BCUT2D eigenvalue weighted by Gasteiger charge is 2.19. The van der Waals surface area contributed by atoms with Gasteiger partial charge >= 0.3 is 11.9 Å². The fourth-order valence-electron chi connectivity index (χ4n) is 1.84. The quantitative estimate of drug-likeness (QED) is 0.765. The van der Waals surface area contributed by atoms with Crippen LogP contribution in [0.5, 0.6) is 0 Å². The van der Waals surface area contributed by atoms with Crippen LogP contribution in [-0.4, -0.2) is 23.1 Å². The molecule has 0 radical (unpaired) electrons. The van der Waals surface area contributed by atoms with Gasteiger partial charge in [0.25, 0.3) is 0 Å². The molecule has 0 aliphatic heterocycles. The fraction of sp³-hybridized carbons (Fsp3) is 0.467. The lowest BCUT2D eigenvalue weighted by Crippen LogP contribution is -2.19. The summed E-state index contributed by atoms with van der Waals surface area (Å²) in [4.78, 5) is 23.1. The Bertz CT molecular complexity index is 440. The highest BCUT2D eigenvalue weighted by molar-refractivity contribution is 6.02. The second-order valence-electron chi connectivity index (χ2n) is 4.43. The first-order chi connectivity index (χ1) is 9.10. The normalized spacial score (nSPS) is 11.9. The number of carboxylic acids is 1. The number of ether oxygens (including phenoxy) is 1. The smallest absolute Gasteiger partial charge is 0.339 e. The van der Waals surface area contributed by atoms with Crippen LogP contribution in [0.3, 0.4) is 0 Å². The van der Waals surface area contributed by atoms with Gasteiger partial charge in [-0.25, -0.2) is 9.59 Å². The van der Waals surface area contributed by atoms with Crippen LogP contribution in [0.15, 0.2) is 24.3 Å². The van der Waals surface area contributed by atoms with E-state index in [9.17, 15) is 9.59 Å². The van der Waals surface area contributed by atoms with Crippen molar-refractivity contribution in [2.45, 2.75) is 45.6 Å². The standard InChI is InChI=1S/C15H20O4/c1-3-5-8-11(4-2)19-15(18)13-10-7-6-9-12(13)14(16)17/h6-7,9-11H,3-5,8H2,1-2H3,(H,16,17)/t11-/m0/s1. The third-order valence-electron chi connectivity index (χ3n) is 2.99. The summed E-state index contributed by atoms with van der Waals surface area (Å²) in [6, 6.07) is 6.12. The molecule has 0 aliphatic carbocycles. The zero-order valence-electron chi connectivity index (χ0n) is 11.4. The van der Waals surface area contributed by atoms with Crippen molar-refractivity contribution < 1.29 is 19.4 Å². The van der Waals surface area contributed by atoms with E-state index < -0.39 is 11.9 Å². The number of rotatable bonds is 7. The van der Waals surface area contributed by atoms with Gasteiger partial charge in [0.2, 0.25) is 0 Å². The minimum absolute atomic E-state index is 0.0159. The molecule has 4 nitrogen and oxygen atoms in total. The summed E-state index contributed by atoms with van der Waals surface area (Å²) in [6.07, 6.45) is 3.44. The number of esters is 1. The molecule has 0 bridgehead atoms. The third-order valence-corrected chi connectivity index (χ3v) is 2.99. The van der Waals surface area contributed by atoms with E-state index in [2.05, 4.69) is 6.92 Å². The van der Waals surface area contributed by atoms with Crippen molar-refractivity contribution in [1.29, 1.82) is 0 Å². The molecule has 0 heterocycles. The second-order valence-corrected chi connectivity index (χ2v) is 4.43. The fourth-order valence-corrected chi connectivity index (χ4v) is 1.84. The van der Waals surface area contributed by atoms with Crippen molar-refractivity contribution in [2.75, 3.05) is 0 Å². The maximum absolute atomic E-state index is 12.0. The number of carbonyl (C=O) groups excluding carboxylic acids is 1. The van der Waals surface area contributed by atoms with Crippen LogP contribution in [0, 0.1) is 0 Å². The second kappa shape index (κ2) is 7.56. The predicted molar refractivity (Wildman–Crippen MR) is 72.4 cm³/mol. The Morgan fingerprint density at radius 2 is 1.84 bits per heavy atom. The monoisotopic (exact) mass is 264 g/mol. The van der Waals surface area contributed by atoms with E-state index >= 15 is 0 Å². The van der Waals surface area contributed by atoms with Crippen LogP contribution in [0.4, 0.5) is 0 Å². The largest absolute Gasteiger partial charge is 0.478 e. The average molecular weight is 264 g/mol. The van der Waals surface area contributed by atoms with Crippen LogP contribution >= 0.6 is 0 Å². The van der Waals surface area contributed by atoms with Crippen LogP contribution in [0.1, 0.15) is 60.2 Å². The summed E-state index contributed by atoms with van der Waals surface area (Å²) in [5.41, 5.74) is 0.0998. The van der Waals surface area contributed by atoms with Crippen LogP contribution in [0.25, 0.3) is 0 Å². The third kappa shape index (κ3) is 4.39. The Kier molecular flexibility index (Phi) is 6.06. The predicted octanol–water partition coefficient (Wildman–Crippen LogP) is 3.51. The van der Waals surface area contributed by atoms with Crippen molar-refractivity contribution in [2.24, 2.45) is 0 Å². The molecule has 1 aromatic carbocycles. The summed E-state index contributed by atoms with van der Waals surface area (Å²) in [5, 5.41) is 9.04. The van der Waals surface area contributed by atoms with Gasteiger partial charge in [-0.15, -0.1) is 0 Å². The molecule has 4 heteroatoms. The Hall–Kier alpha value is -1.84. The molecule has 0 unspecified atom stereocenters. The van der Waals surface area contributed by atoms with Gasteiger partial charge in [0.05, 0.1) is 11.1 Å². The Balaban J connectivity index is 2.80. The van der Waals surface area contributed by atoms with E-state index in [0.717, 1.165) is 25.7 Å². The number of unbranched alkanes of at least 4 members (excludes halogenated alkanes) is 1. The average Bonchev–Trinajstić information content (AvgIpc) is 2.43. The van der Waals surface area contributed by atoms with Crippen molar-refractivity contribution >= 4 is 11.9 Å². The molecule has 0 fully saturated rings. The maximum atomic E-state index is 12.0. The number of hydrogen-bond acceptors (Lipinski definition) is 3. The molecule has 0 saturated heterocycles. The summed E-state index contributed by atoms with van der Waals surface area (Å²) >= 11 is 0. The van der Waals surface area contributed by atoms with Crippen molar-refractivity contribution in [3.8, 4) is 0 Å². The van der Waals surface area contributed by atoms with E-state index in [1.807, 2.05) is 6.92 Å². The topological polar surface area (TPSA) is 63.6 Å². The van der Waals surface area contributed by atoms with Crippen molar-refractivity contribution in [3.63, 3.8) is 0 Å². The lowest BCUT2D eigenvalue weighted by atomic mass is 10.1. The molecule has 0 amide bonds. The van der Waals surface area contributed by atoms with E-state index in [-0.39, 0.29) is 17.2 Å². The van der Waals surface area contributed by atoms with Gasteiger partial charge in [0, 0.05) is 0 Å². The molecule has 1 atom stereocenters.